The van der Waals surface area contributed by atoms with Gasteiger partial charge in [-0.3, -0.25) is 4.79 Å². The highest BCUT2D eigenvalue weighted by Gasteiger charge is 2.24. The summed E-state index contributed by atoms with van der Waals surface area (Å²) in [5.41, 5.74) is 3.70. The minimum absolute atomic E-state index is 0.0522. The maximum Gasteiger partial charge on any atom is 0.251 e. The summed E-state index contributed by atoms with van der Waals surface area (Å²) in [6.07, 6.45) is 6.39. The number of aromatic nitrogens is 2. The number of hydrogen-bond acceptors (Lipinski definition) is 5. The van der Waals surface area contributed by atoms with Gasteiger partial charge in [-0.2, -0.15) is 5.10 Å². The highest BCUT2D eigenvalue weighted by atomic mass is 16.5. The second-order valence-corrected chi connectivity index (χ2v) is 13.2. The summed E-state index contributed by atoms with van der Waals surface area (Å²) in [6, 6.07) is 19.2. The molecule has 7 nitrogen and oxygen atoms in total. The van der Waals surface area contributed by atoms with Crippen molar-refractivity contribution in [3.63, 3.8) is 0 Å². The predicted octanol–water partition coefficient (Wildman–Crippen LogP) is 7.19. The molecule has 222 valence electrons. The lowest BCUT2D eigenvalue weighted by Crippen LogP contribution is -2.30. The summed E-state index contributed by atoms with van der Waals surface area (Å²) >= 11 is 0. The molecule has 6 rings (SSSR count). The van der Waals surface area contributed by atoms with E-state index in [9.17, 15) is 4.79 Å². The largest absolute Gasteiger partial charge is 0.492 e. The van der Waals surface area contributed by atoms with Crippen molar-refractivity contribution in [3.8, 4) is 17.0 Å². The van der Waals surface area contributed by atoms with Gasteiger partial charge in [-0.1, -0.05) is 39.0 Å². The lowest BCUT2D eigenvalue weighted by Gasteiger charge is -2.23. The van der Waals surface area contributed by atoms with Crippen LogP contribution in [-0.4, -0.2) is 60.0 Å². The van der Waals surface area contributed by atoms with Crippen molar-refractivity contribution in [2.75, 3.05) is 33.4 Å². The van der Waals surface area contributed by atoms with Crippen LogP contribution in [0.15, 0.2) is 54.6 Å². The smallest absolute Gasteiger partial charge is 0.251 e. The number of amides is 1. The van der Waals surface area contributed by atoms with E-state index in [4.69, 9.17) is 14.6 Å². The number of nitrogens with zero attached hydrogens (tertiary/aromatic N) is 3. The number of carbonyl (C=O) groups excluding carboxylic acids is 1. The Hall–Kier alpha value is -3.42. The molecule has 1 aromatic heterocycles. The van der Waals surface area contributed by atoms with E-state index in [-0.39, 0.29) is 17.6 Å². The molecule has 7 heteroatoms. The third-order valence-corrected chi connectivity index (χ3v) is 8.76. The van der Waals surface area contributed by atoms with Gasteiger partial charge in [-0.15, -0.1) is 0 Å². The van der Waals surface area contributed by atoms with Crippen LogP contribution in [-0.2, 0) is 4.74 Å². The number of fused-ring (bicyclic) bond motifs is 2. The summed E-state index contributed by atoms with van der Waals surface area (Å²) in [4.78, 5) is 15.5. The van der Waals surface area contributed by atoms with Crippen molar-refractivity contribution >= 4 is 27.6 Å². The molecule has 2 saturated heterocycles. The van der Waals surface area contributed by atoms with Crippen LogP contribution in [0.2, 0.25) is 0 Å². The molecule has 4 aromatic rings. The molecule has 1 amide bonds. The molecule has 2 atom stereocenters. The topological polar surface area (TPSA) is 68.6 Å². The number of hydrogen-bond donors (Lipinski definition) is 1. The van der Waals surface area contributed by atoms with Gasteiger partial charge in [0, 0.05) is 35.7 Å². The first-order valence-corrected chi connectivity index (χ1v) is 15.5. The summed E-state index contributed by atoms with van der Waals surface area (Å²) in [5.74, 6) is 0.852. The Balaban J connectivity index is 1.30. The molecule has 0 bridgehead atoms. The van der Waals surface area contributed by atoms with Gasteiger partial charge in [0.1, 0.15) is 18.1 Å². The zero-order chi connectivity index (χ0) is 29.3. The van der Waals surface area contributed by atoms with Crippen molar-refractivity contribution in [1.82, 2.24) is 20.0 Å². The van der Waals surface area contributed by atoms with Crippen LogP contribution in [0.5, 0.6) is 5.75 Å². The number of likely N-dealkylation sites (tertiary alicyclic amines) is 1. The standard InChI is InChI=1S/C35H44N4O3/c1-35(2,3)16-17-36-34(40)27-13-15-31-30(22-27)33(37-39(31)32-9-5-6-19-41-32)26-11-10-25-21-29(14-12-24(25)20-26)42-23-28-8-7-18-38(28)4/h10-15,20-22,28,32H,5-9,16-19,23H2,1-4H3,(H,36,40). The molecule has 2 unspecified atom stereocenters. The second-order valence-electron chi connectivity index (χ2n) is 13.2. The van der Waals surface area contributed by atoms with E-state index >= 15 is 0 Å². The van der Waals surface area contributed by atoms with Crippen LogP contribution in [0.4, 0.5) is 0 Å². The molecule has 2 aliphatic heterocycles. The van der Waals surface area contributed by atoms with Crippen LogP contribution < -0.4 is 10.1 Å². The van der Waals surface area contributed by atoms with E-state index in [1.165, 1.54) is 12.8 Å². The zero-order valence-electron chi connectivity index (χ0n) is 25.5. The molecule has 3 heterocycles. The first-order valence-electron chi connectivity index (χ1n) is 15.5. The van der Waals surface area contributed by atoms with Crippen LogP contribution in [0.1, 0.15) is 75.9 Å². The molecule has 3 aromatic carbocycles. The first-order chi connectivity index (χ1) is 20.2. The molecular weight excluding hydrogens is 524 g/mol. The van der Waals surface area contributed by atoms with E-state index < -0.39 is 0 Å². The van der Waals surface area contributed by atoms with E-state index in [0.717, 1.165) is 84.1 Å². The number of nitrogens with one attached hydrogen (secondary N) is 1. The molecule has 2 aliphatic rings. The third-order valence-electron chi connectivity index (χ3n) is 8.76. The fraction of sp³-hybridized carbons (Fsp3) is 0.486. The van der Waals surface area contributed by atoms with E-state index in [0.29, 0.717) is 18.2 Å². The van der Waals surface area contributed by atoms with Crippen LogP contribution in [0.25, 0.3) is 32.9 Å². The van der Waals surface area contributed by atoms with Gasteiger partial charge < -0.3 is 19.7 Å². The fourth-order valence-corrected chi connectivity index (χ4v) is 6.13. The Bertz CT molecular complexity index is 1560. The maximum absolute atomic E-state index is 13.1. The van der Waals surface area contributed by atoms with Crippen LogP contribution in [0.3, 0.4) is 0 Å². The summed E-state index contributed by atoms with van der Waals surface area (Å²) < 4.78 is 14.3. The highest BCUT2D eigenvalue weighted by molar-refractivity contribution is 6.02. The minimum Gasteiger partial charge on any atom is -0.492 e. The fourth-order valence-electron chi connectivity index (χ4n) is 6.13. The molecule has 2 fully saturated rings. The SMILES string of the molecule is CN1CCCC1COc1ccc2cc(-c3nn(C4CCCCO4)c4ccc(C(=O)NCCC(C)(C)C)cc34)ccc2c1. The molecule has 0 radical (unpaired) electrons. The zero-order valence-corrected chi connectivity index (χ0v) is 25.5. The molecule has 0 saturated carbocycles. The van der Waals surface area contributed by atoms with Crippen molar-refractivity contribution in [1.29, 1.82) is 0 Å². The van der Waals surface area contributed by atoms with Crippen LogP contribution in [0, 0.1) is 5.41 Å². The number of benzene rings is 3. The van der Waals surface area contributed by atoms with Gasteiger partial charge in [-0.25, -0.2) is 4.68 Å². The van der Waals surface area contributed by atoms with Gasteiger partial charge in [-0.05, 0) is 105 Å². The Morgan fingerprint density at radius 1 is 1.02 bits per heavy atom. The van der Waals surface area contributed by atoms with Crippen molar-refractivity contribution < 1.29 is 14.3 Å². The van der Waals surface area contributed by atoms with Crippen LogP contribution >= 0.6 is 0 Å². The Labute approximate surface area is 249 Å². The Morgan fingerprint density at radius 3 is 2.62 bits per heavy atom. The van der Waals surface area contributed by atoms with E-state index in [1.807, 2.05) is 22.9 Å². The average molecular weight is 569 g/mol. The van der Waals surface area contributed by atoms with E-state index in [1.54, 1.807) is 0 Å². The third kappa shape index (κ3) is 6.32. The van der Waals surface area contributed by atoms with Gasteiger partial charge in [0.05, 0.1) is 5.52 Å². The number of ether oxygens (including phenoxy) is 2. The monoisotopic (exact) mass is 568 g/mol. The quantitative estimate of drug-likeness (QED) is 0.244. The Morgan fingerprint density at radius 2 is 1.86 bits per heavy atom. The maximum atomic E-state index is 13.1. The van der Waals surface area contributed by atoms with Crippen molar-refractivity contribution in [3.05, 3.63) is 60.2 Å². The first kappa shape index (κ1) is 28.7. The lowest BCUT2D eigenvalue weighted by molar-refractivity contribution is -0.0365. The summed E-state index contributed by atoms with van der Waals surface area (Å²) in [7, 11) is 2.18. The van der Waals surface area contributed by atoms with E-state index in [2.05, 4.69) is 74.4 Å². The molecular formula is C35H44N4O3. The predicted molar refractivity (Wildman–Crippen MR) is 169 cm³/mol. The van der Waals surface area contributed by atoms with Crippen molar-refractivity contribution in [2.45, 2.75) is 71.6 Å². The summed E-state index contributed by atoms with van der Waals surface area (Å²) in [6.45, 7) is 9.82. The average Bonchev–Trinajstić information content (AvgIpc) is 3.58. The number of likely N-dealkylation sites (N-methyl/N-ethyl adjacent to an activating group) is 1. The normalized spacial score (nSPS) is 19.9. The molecule has 0 spiro atoms. The molecule has 1 N–H and O–H groups in total. The summed E-state index contributed by atoms with van der Waals surface area (Å²) in [5, 5.41) is 11.4. The number of carbonyl (C=O) groups is 1. The van der Waals surface area contributed by atoms with Gasteiger partial charge in [0.25, 0.3) is 5.91 Å². The molecule has 0 aliphatic carbocycles. The second kappa shape index (κ2) is 12.1. The highest BCUT2D eigenvalue weighted by Crippen LogP contribution is 2.35. The lowest BCUT2D eigenvalue weighted by atomic mass is 9.92. The minimum atomic E-state index is -0.0967. The molecule has 42 heavy (non-hydrogen) atoms. The van der Waals surface area contributed by atoms with Gasteiger partial charge in [0.15, 0.2) is 6.23 Å². The van der Waals surface area contributed by atoms with Gasteiger partial charge >= 0.3 is 0 Å². The number of rotatable bonds is 8. The van der Waals surface area contributed by atoms with Gasteiger partial charge in [0.2, 0.25) is 0 Å². The Kier molecular flexibility index (Phi) is 8.24. The van der Waals surface area contributed by atoms with Crippen molar-refractivity contribution in [2.24, 2.45) is 5.41 Å².